The van der Waals surface area contributed by atoms with Crippen LogP contribution in [-0.2, 0) is 38.0 Å². The highest BCUT2D eigenvalue weighted by Crippen LogP contribution is 2.26. The lowest BCUT2D eigenvalue weighted by Gasteiger charge is -2.42. The van der Waals surface area contributed by atoms with Crippen molar-refractivity contribution in [2.45, 2.75) is 248 Å². The Bertz CT molecular complexity index is 1370. The van der Waals surface area contributed by atoms with E-state index in [9.17, 15) is 45.3 Å². The second kappa shape index (κ2) is 40.1. The molecule has 2 saturated heterocycles. The van der Waals surface area contributed by atoms with Gasteiger partial charge in [0.1, 0.15) is 55.4 Å². The Kier molecular flexibility index (Phi) is 36.3. The second-order valence-corrected chi connectivity index (χ2v) is 18.3. The van der Waals surface area contributed by atoms with Crippen LogP contribution < -0.4 is 0 Å². The first-order valence-electron chi connectivity index (χ1n) is 26.2. The van der Waals surface area contributed by atoms with Crippen LogP contribution in [-0.4, -0.2) is 142 Å². The van der Waals surface area contributed by atoms with Gasteiger partial charge in [0.15, 0.2) is 18.7 Å². The predicted molar refractivity (Wildman–Crippen MR) is 261 cm³/mol. The van der Waals surface area contributed by atoms with Gasteiger partial charge in [0.25, 0.3) is 0 Å². The average molecular weight is 969 g/mol. The van der Waals surface area contributed by atoms with E-state index in [2.05, 4.69) is 62.5 Å². The van der Waals surface area contributed by atoms with Crippen LogP contribution in [0.25, 0.3) is 0 Å². The second-order valence-electron chi connectivity index (χ2n) is 18.3. The summed E-state index contributed by atoms with van der Waals surface area (Å²) in [6.07, 6.45) is 27.1. The lowest BCUT2D eigenvalue weighted by atomic mass is 9.98. The summed E-state index contributed by atoms with van der Waals surface area (Å²) in [6, 6.07) is 0. The molecular formula is C53H92O15. The van der Waals surface area contributed by atoms with E-state index in [0.717, 1.165) is 64.2 Å². The summed E-state index contributed by atoms with van der Waals surface area (Å²) in [5.74, 6) is -0.975. The third-order valence-corrected chi connectivity index (χ3v) is 12.3. The molecule has 0 saturated carbocycles. The minimum Gasteiger partial charge on any atom is -0.462 e. The number of carbonyl (C=O) groups is 2. The van der Waals surface area contributed by atoms with Gasteiger partial charge in [-0.2, -0.15) is 0 Å². The summed E-state index contributed by atoms with van der Waals surface area (Å²) < 4.78 is 33.5. The number of unbranched alkanes of at least 4 members (excludes halogenated alkanes) is 18. The molecule has 0 bridgehead atoms. The van der Waals surface area contributed by atoms with Crippen LogP contribution in [0.1, 0.15) is 181 Å². The van der Waals surface area contributed by atoms with E-state index >= 15 is 0 Å². The molecule has 0 aromatic heterocycles. The lowest BCUT2D eigenvalue weighted by Crippen LogP contribution is -2.61. The number of rotatable bonds is 40. The Hall–Kier alpha value is -2.54. The molecule has 0 aromatic rings. The Balaban J connectivity index is 1.82. The first-order valence-corrected chi connectivity index (χ1v) is 26.2. The topological polar surface area (TPSA) is 231 Å². The molecule has 0 aliphatic carbocycles. The van der Waals surface area contributed by atoms with Gasteiger partial charge in [-0.1, -0.05) is 140 Å². The highest BCUT2D eigenvalue weighted by atomic mass is 16.7. The number of hydrogen-bond donors (Lipinski definition) is 7. The zero-order valence-corrected chi connectivity index (χ0v) is 41.6. The van der Waals surface area contributed by atoms with Crippen molar-refractivity contribution < 1.29 is 73.8 Å². The van der Waals surface area contributed by atoms with E-state index in [1.165, 1.54) is 77.0 Å². The molecule has 68 heavy (non-hydrogen) atoms. The zero-order chi connectivity index (χ0) is 49.6. The summed E-state index contributed by atoms with van der Waals surface area (Å²) in [4.78, 5) is 25.8. The predicted octanol–water partition coefficient (Wildman–Crippen LogP) is 7.49. The van der Waals surface area contributed by atoms with Gasteiger partial charge in [-0.05, 0) is 77.0 Å². The molecule has 0 radical (unpaired) electrons. The first-order chi connectivity index (χ1) is 33.0. The Morgan fingerprint density at radius 1 is 0.471 bits per heavy atom. The Morgan fingerprint density at radius 3 is 1.46 bits per heavy atom. The van der Waals surface area contributed by atoms with Gasteiger partial charge in [0, 0.05) is 12.8 Å². The standard InChI is InChI=1S/C53H92O15/c1-3-5-7-9-11-13-15-17-19-20-22-23-25-27-29-31-33-35-44(55)63-38-41(66-45(56)36-34-32-30-28-26-24-21-18-16-14-12-10-8-6-4-2)39-64-52-51(62)49(60)47(58)43(68-52)40-65-53-50(61)48(59)46(57)42(37-54)67-53/h12,14,17-19,21,26,28,41-43,46-54,57-62H,3-11,13,15-16,20,22-25,27,29-40H2,1-2H3/b14-12+,19-17+,21-18+,28-26+/t41-,42+,43+,46-,47-,48?,49?,50?,51?,52+,53+/m0/s1. The van der Waals surface area contributed by atoms with Gasteiger partial charge >= 0.3 is 11.9 Å². The van der Waals surface area contributed by atoms with Crippen molar-refractivity contribution in [2.75, 3.05) is 26.4 Å². The van der Waals surface area contributed by atoms with Crippen molar-refractivity contribution in [3.05, 3.63) is 48.6 Å². The highest BCUT2D eigenvalue weighted by molar-refractivity contribution is 5.70. The van der Waals surface area contributed by atoms with Gasteiger partial charge in [-0.25, -0.2) is 0 Å². The fraction of sp³-hybridized carbons (Fsp3) is 0.811. The van der Waals surface area contributed by atoms with Crippen molar-refractivity contribution in [1.29, 1.82) is 0 Å². The molecule has 394 valence electrons. The molecule has 2 aliphatic heterocycles. The van der Waals surface area contributed by atoms with Crippen molar-refractivity contribution in [3.63, 3.8) is 0 Å². The Labute approximate surface area is 408 Å². The minimum absolute atomic E-state index is 0.115. The molecule has 11 atom stereocenters. The largest absolute Gasteiger partial charge is 0.462 e. The SMILES string of the molecule is CCCCC/C=C/C/C=C/C/C=C/CCCCC(=O)O[C@@H](COC(=O)CCCCCCCCC/C=C/CCCCCCCC)CO[C@@H]1O[C@H](CO[C@@H]2O[C@H](CO)[C@H](O)C(O)C2O)[C@H](O)C(O)C1O. The monoisotopic (exact) mass is 969 g/mol. The normalized spacial score (nSPS) is 26.1. The van der Waals surface area contributed by atoms with E-state index in [0.29, 0.717) is 12.8 Å². The number of hydrogen-bond acceptors (Lipinski definition) is 15. The van der Waals surface area contributed by atoms with Crippen molar-refractivity contribution >= 4 is 11.9 Å². The van der Waals surface area contributed by atoms with Gasteiger partial charge in [-0.15, -0.1) is 0 Å². The van der Waals surface area contributed by atoms with Crippen LogP contribution in [0.4, 0.5) is 0 Å². The van der Waals surface area contributed by atoms with E-state index in [-0.39, 0.29) is 19.4 Å². The minimum atomic E-state index is -1.77. The van der Waals surface area contributed by atoms with Crippen molar-refractivity contribution in [1.82, 2.24) is 0 Å². The number of esters is 2. The maximum absolute atomic E-state index is 13.0. The molecule has 2 fully saturated rings. The highest BCUT2D eigenvalue weighted by Gasteiger charge is 2.47. The van der Waals surface area contributed by atoms with Crippen LogP contribution in [0, 0.1) is 0 Å². The maximum Gasteiger partial charge on any atom is 0.306 e. The fourth-order valence-corrected chi connectivity index (χ4v) is 7.92. The van der Waals surface area contributed by atoms with E-state index in [1.54, 1.807) is 0 Å². The van der Waals surface area contributed by atoms with Crippen LogP contribution in [0.15, 0.2) is 48.6 Å². The number of aliphatic hydroxyl groups is 7. The number of aliphatic hydroxyl groups excluding tert-OH is 7. The number of allylic oxidation sites excluding steroid dienone is 8. The quantitative estimate of drug-likeness (QED) is 0.0179. The Morgan fingerprint density at radius 2 is 0.882 bits per heavy atom. The molecular weight excluding hydrogens is 877 g/mol. The molecule has 4 unspecified atom stereocenters. The molecule has 0 aromatic carbocycles. The van der Waals surface area contributed by atoms with Crippen LogP contribution in [0.3, 0.4) is 0 Å². The summed E-state index contributed by atoms with van der Waals surface area (Å²) in [7, 11) is 0. The maximum atomic E-state index is 13.0. The number of ether oxygens (including phenoxy) is 6. The zero-order valence-electron chi connectivity index (χ0n) is 41.6. The number of carbonyl (C=O) groups excluding carboxylic acids is 2. The summed E-state index contributed by atoms with van der Waals surface area (Å²) >= 11 is 0. The molecule has 15 nitrogen and oxygen atoms in total. The van der Waals surface area contributed by atoms with Crippen LogP contribution in [0.2, 0.25) is 0 Å². The van der Waals surface area contributed by atoms with E-state index < -0.39 is 99.3 Å². The molecule has 7 N–H and O–H groups in total. The fourth-order valence-electron chi connectivity index (χ4n) is 7.92. The smallest absolute Gasteiger partial charge is 0.306 e. The molecule has 2 rings (SSSR count). The van der Waals surface area contributed by atoms with Crippen LogP contribution in [0.5, 0.6) is 0 Å². The van der Waals surface area contributed by atoms with Gasteiger partial charge in [0.05, 0.1) is 19.8 Å². The van der Waals surface area contributed by atoms with E-state index in [4.69, 9.17) is 28.4 Å². The third kappa shape index (κ3) is 27.7. The average Bonchev–Trinajstić information content (AvgIpc) is 3.33. The van der Waals surface area contributed by atoms with Crippen molar-refractivity contribution in [2.24, 2.45) is 0 Å². The summed E-state index contributed by atoms with van der Waals surface area (Å²) in [5, 5.41) is 72.1. The van der Waals surface area contributed by atoms with E-state index in [1.807, 2.05) is 0 Å². The molecule has 2 heterocycles. The van der Waals surface area contributed by atoms with Gasteiger partial charge in [0.2, 0.25) is 0 Å². The summed E-state index contributed by atoms with van der Waals surface area (Å²) in [6.45, 7) is 2.51. The first kappa shape index (κ1) is 61.6. The van der Waals surface area contributed by atoms with Crippen molar-refractivity contribution in [3.8, 4) is 0 Å². The van der Waals surface area contributed by atoms with Crippen LogP contribution >= 0.6 is 0 Å². The molecule has 2 aliphatic rings. The lowest BCUT2D eigenvalue weighted by molar-refractivity contribution is -0.332. The third-order valence-electron chi connectivity index (χ3n) is 12.3. The molecule has 0 spiro atoms. The summed E-state index contributed by atoms with van der Waals surface area (Å²) in [5.41, 5.74) is 0. The molecule has 15 heteroatoms. The molecule has 0 amide bonds. The van der Waals surface area contributed by atoms with Gasteiger partial charge < -0.3 is 64.2 Å². The van der Waals surface area contributed by atoms with Gasteiger partial charge in [-0.3, -0.25) is 9.59 Å².